The van der Waals surface area contributed by atoms with Crippen molar-refractivity contribution < 1.29 is 13.2 Å². The lowest BCUT2D eigenvalue weighted by molar-refractivity contribution is 0.414. The molecule has 21 heavy (non-hydrogen) atoms. The summed E-state index contributed by atoms with van der Waals surface area (Å²) >= 11 is 5.93. The van der Waals surface area contributed by atoms with E-state index in [4.69, 9.17) is 16.3 Å². The zero-order valence-electron chi connectivity index (χ0n) is 11.7. The van der Waals surface area contributed by atoms with Crippen LogP contribution in [-0.4, -0.2) is 31.9 Å². The van der Waals surface area contributed by atoms with Crippen molar-refractivity contribution in [1.29, 1.82) is 0 Å². The summed E-state index contributed by atoms with van der Waals surface area (Å²) in [5.41, 5.74) is 0.849. The quantitative estimate of drug-likeness (QED) is 0.847. The average molecular weight is 327 g/mol. The number of aromatic nitrogens is 1. The van der Waals surface area contributed by atoms with Gasteiger partial charge in [-0.15, -0.1) is 0 Å². The van der Waals surface area contributed by atoms with Crippen LogP contribution in [0.5, 0.6) is 5.75 Å². The van der Waals surface area contributed by atoms with Crippen LogP contribution in [0.1, 0.15) is 5.56 Å². The molecule has 0 N–H and O–H groups in total. The number of methoxy groups -OCH3 is 1. The Morgan fingerprint density at radius 3 is 2.48 bits per heavy atom. The molecule has 0 atom stereocenters. The maximum absolute atomic E-state index is 12.5. The number of benzene rings is 1. The highest BCUT2D eigenvalue weighted by molar-refractivity contribution is 7.89. The number of ether oxygens (including phenoxy) is 1. The minimum absolute atomic E-state index is 0.00248. The summed E-state index contributed by atoms with van der Waals surface area (Å²) in [5.74, 6) is 0.722. The molecule has 112 valence electrons. The first-order valence-corrected chi connectivity index (χ1v) is 7.95. The molecule has 2 aromatic rings. The second kappa shape index (κ2) is 6.43. The highest BCUT2D eigenvalue weighted by Gasteiger charge is 2.23. The third kappa shape index (κ3) is 3.53. The topological polar surface area (TPSA) is 59.5 Å². The number of hydrogen-bond acceptors (Lipinski definition) is 4. The molecule has 1 heterocycles. The molecule has 5 nitrogen and oxygen atoms in total. The van der Waals surface area contributed by atoms with Gasteiger partial charge in [-0.25, -0.2) is 8.42 Å². The normalized spacial score (nSPS) is 11.6. The molecule has 1 aromatic carbocycles. The van der Waals surface area contributed by atoms with Crippen LogP contribution < -0.4 is 4.74 Å². The molecule has 0 fully saturated rings. The van der Waals surface area contributed by atoms with Gasteiger partial charge in [-0.2, -0.15) is 4.31 Å². The summed E-state index contributed by atoms with van der Waals surface area (Å²) in [5, 5.41) is 0.159. The molecule has 0 radical (unpaired) electrons. The molecular weight excluding hydrogens is 312 g/mol. The van der Waals surface area contributed by atoms with E-state index in [0.717, 1.165) is 11.3 Å². The summed E-state index contributed by atoms with van der Waals surface area (Å²) in [6.45, 7) is 0.234. The van der Waals surface area contributed by atoms with Crippen molar-refractivity contribution >= 4 is 21.6 Å². The molecule has 0 aliphatic rings. The first-order valence-electron chi connectivity index (χ1n) is 6.14. The van der Waals surface area contributed by atoms with Crippen molar-refractivity contribution in [3.05, 3.63) is 53.3 Å². The van der Waals surface area contributed by atoms with Crippen molar-refractivity contribution in [1.82, 2.24) is 9.29 Å². The number of rotatable bonds is 5. The Hall–Kier alpha value is -1.63. The first kappa shape index (κ1) is 15.8. The third-order valence-electron chi connectivity index (χ3n) is 2.99. The van der Waals surface area contributed by atoms with Crippen molar-refractivity contribution in [2.75, 3.05) is 14.2 Å². The van der Waals surface area contributed by atoms with E-state index in [2.05, 4.69) is 4.98 Å². The van der Waals surface area contributed by atoms with Crippen LogP contribution in [0, 0.1) is 0 Å². The van der Waals surface area contributed by atoms with Crippen LogP contribution in [0.4, 0.5) is 0 Å². The predicted molar refractivity (Wildman–Crippen MR) is 80.9 cm³/mol. The fraction of sp³-hybridized carbons (Fsp3) is 0.214. The Kier molecular flexibility index (Phi) is 4.82. The molecule has 0 unspecified atom stereocenters. The average Bonchev–Trinajstić information content (AvgIpc) is 2.48. The second-order valence-corrected chi connectivity index (χ2v) is 6.84. The van der Waals surface area contributed by atoms with E-state index in [1.165, 1.54) is 29.8 Å². The van der Waals surface area contributed by atoms with Crippen LogP contribution in [-0.2, 0) is 16.6 Å². The monoisotopic (exact) mass is 326 g/mol. The smallest absolute Gasteiger partial charge is 0.246 e. The molecular formula is C14H15ClN2O3S. The molecule has 2 rings (SSSR count). The minimum atomic E-state index is -3.68. The van der Waals surface area contributed by atoms with E-state index in [0.29, 0.717) is 0 Å². The molecule has 0 bridgehead atoms. The molecule has 0 spiro atoms. The molecule has 0 saturated carbocycles. The highest BCUT2D eigenvalue weighted by Crippen LogP contribution is 2.23. The Labute approximate surface area is 129 Å². The zero-order valence-corrected chi connectivity index (χ0v) is 13.2. The molecule has 7 heteroatoms. The lowest BCUT2D eigenvalue weighted by Crippen LogP contribution is -2.26. The van der Waals surface area contributed by atoms with Gasteiger partial charge in [0.15, 0.2) is 0 Å². The Morgan fingerprint density at radius 1 is 1.24 bits per heavy atom. The van der Waals surface area contributed by atoms with Gasteiger partial charge in [-0.05, 0) is 23.8 Å². The Morgan fingerprint density at radius 2 is 1.90 bits per heavy atom. The molecule has 0 amide bonds. The second-order valence-electron chi connectivity index (χ2n) is 4.42. The number of hydrogen-bond donors (Lipinski definition) is 0. The predicted octanol–water partition coefficient (Wildman–Crippen LogP) is 2.56. The van der Waals surface area contributed by atoms with Crippen LogP contribution in [0.3, 0.4) is 0 Å². The number of halogens is 1. The van der Waals surface area contributed by atoms with Gasteiger partial charge in [-0.1, -0.05) is 23.7 Å². The van der Waals surface area contributed by atoms with E-state index in [1.807, 2.05) is 12.1 Å². The van der Waals surface area contributed by atoms with E-state index in [1.54, 1.807) is 19.2 Å². The Bertz CT molecular complexity index is 717. The fourth-order valence-electron chi connectivity index (χ4n) is 1.79. The summed E-state index contributed by atoms with van der Waals surface area (Å²) < 4.78 is 31.2. The molecule has 0 aliphatic heterocycles. The molecule has 0 aliphatic carbocycles. The third-order valence-corrected chi connectivity index (χ3v) is 5.26. The van der Waals surface area contributed by atoms with E-state index in [9.17, 15) is 8.42 Å². The lowest BCUT2D eigenvalue weighted by Gasteiger charge is -2.17. The van der Waals surface area contributed by atoms with Crippen molar-refractivity contribution in [3.63, 3.8) is 0 Å². The fourth-order valence-corrected chi connectivity index (χ4v) is 3.35. The van der Waals surface area contributed by atoms with Gasteiger partial charge >= 0.3 is 0 Å². The zero-order chi connectivity index (χ0) is 15.5. The van der Waals surface area contributed by atoms with Crippen molar-refractivity contribution in [3.8, 4) is 5.75 Å². The lowest BCUT2D eigenvalue weighted by atomic mass is 10.2. The molecule has 1 aromatic heterocycles. The number of nitrogens with zero attached hydrogens (tertiary/aromatic N) is 2. The van der Waals surface area contributed by atoms with Gasteiger partial charge in [0.2, 0.25) is 10.0 Å². The standard InChI is InChI=1S/C14H15ClN2O3S/c1-17(10-11-3-5-12(20-2)6-4-11)21(18,19)14-9-16-8-7-13(14)15/h3-9H,10H2,1-2H3. The molecule has 0 saturated heterocycles. The summed E-state index contributed by atoms with van der Waals surface area (Å²) in [6.07, 6.45) is 2.70. The van der Waals surface area contributed by atoms with Gasteiger partial charge in [-0.3, -0.25) is 4.98 Å². The van der Waals surface area contributed by atoms with Crippen LogP contribution in [0.2, 0.25) is 5.02 Å². The van der Waals surface area contributed by atoms with Crippen LogP contribution in [0.25, 0.3) is 0 Å². The van der Waals surface area contributed by atoms with E-state index in [-0.39, 0.29) is 16.5 Å². The van der Waals surface area contributed by atoms with Gasteiger partial charge in [0.25, 0.3) is 0 Å². The van der Waals surface area contributed by atoms with E-state index >= 15 is 0 Å². The first-order chi connectivity index (χ1) is 9.95. The van der Waals surface area contributed by atoms with Gasteiger partial charge in [0.1, 0.15) is 10.6 Å². The van der Waals surface area contributed by atoms with Gasteiger partial charge < -0.3 is 4.74 Å². The summed E-state index contributed by atoms with van der Waals surface area (Å²) in [7, 11) is -0.594. The highest BCUT2D eigenvalue weighted by atomic mass is 35.5. The van der Waals surface area contributed by atoms with Crippen LogP contribution >= 0.6 is 11.6 Å². The maximum Gasteiger partial charge on any atom is 0.246 e. The van der Waals surface area contributed by atoms with E-state index < -0.39 is 10.0 Å². The number of sulfonamides is 1. The summed E-state index contributed by atoms with van der Waals surface area (Å²) in [4.78, 5) is 3.82. The minimum Gasteiger partial charge on any atom is -0.497 e. The largest absolute Gasteiger partial charge is 0.497 e. The summed E-state index contributed by atoms with van der Waals surface area (Å²) in [6, 6.07) is 8.65. The van der Waals surface area contributed by atoms with Gasteiger partial charge in [0, 0.05) is 26.0 Å². The van der Waals surface area contributed by atoms with Gasteiger partial charge in [0.05, 0.1) is 12.1 Å². The number of pyridine rings is 1. The SMILES string of the molecule is COc1ccc(CN(C)S(=O)(=O)c2cnccc2Cl)cc1. The maximum atomic E-state index is 12.5. The van der Waals surface area contributed by atoms with Crippen molar-refractivity contribution in [2.45, 2.75) is 11.4 Å². The van der Waals surface area contributed by atoms with Crippen molar-refractivity contribution in [2.24, 2.45) is 0 Å². The Balaban J connectivity index is 2.22. The van der Waals surface area contributed by atoms with Crippen LogP contribution in [0.15, 0.2) is 47.6 Å².